The first-order valence-corrected chi connectivity index (χ1v) is 10.1. The molecule has 0 spiro atoms. The summed E-state index contributed by atoms with van der Waals surface area (Å²) in [6.07, 6.45) is 0. The summed E-state index contributed by atoms with van der Waals surface area (Å²) in [5.41, 5.74) is 2.53. The third-order valence-corrected chi connectivity index (χ3v) is 4.96. The van der Waals surface area contributed by atoms with E-state index >= 15 is 0 Å². The molecule has 0 aliphatic carbocycles. The van der Waals surface area contributed by atoms with E-state index in [2.05, 4.69) is 15.4 Å². The van der Waals surface area contributed by atoms with Crippen LogP contribution in [0, 0.1) is 5.82 Å². The first-order chi connectivity index (χ1) is 15.0. The molecule has 0 saturated carbocycles. The van der Waals surface area contributed by atoms with Crippen molar-refractivity contribution < 1.29 is 18.7 Å². The number of allylic oxidation sites excluding steroid dienone is 1. The van der Waals surface area contributed by atoms with E-state index in [0.29, 0.717) is 35.2 Å². The number of carbonyl (C=O) groups is 1. The summed E-state index contributed by atoms with van der Waals surface area (Å²) in [5.74, 6) is 0.939. The van der Waals surface area contributed by atoms with Crippen LogP contribution in [0.15, 0.2) is 59.8 Å². The van der Waals surface area contributed by atoms with Crippen LogP contribution in [0.5, 0.6) is 5.75 Å². The second-order valence-electron chi connectivity index (χ2n) is 7.00. The highest BCUT2D eigenvalue weighted by Crippen LogP contribution is 2.37. The van der Waals surface area contributed by atoms with Crippen molar-refractivity contribution in [3.63, 3.8) is 0 Å². The Labute approximate surface area is 179 Å². The number of rotatable bonds is 6. The highest BCUT2D eigenvalue weighted by Gasteiger charge is 2.35. The van der Waals surface area contributed by atoms with E-state index in [1.54, 1.807) is 30.7 Å². The summed E-state index contributed by atoms with van der Waals surface area (Å²) in [5, 5.41) is 7.82. The highest BCUT2D eigenvalue weighted by atomic mass is 19.1. The van der Waals surface area contributed by atoms with Gasteiger partial charge in [-0.25, -0.2) is 13.9 Å². The lowest BCUT2D eigenvalue weighted by Gasteiger charge is -2.28. The lowest BCUT2D eigenvalue weighted by Crippen LogP contribution is -2.29. The minimum absolute atomic E-state index is 0.243. The van der Waals surface area contributed by atoms with Gasteiger partial charge < -0.3 is 14.8 Å². The third kappa shape index (κ3) is 4.01. The molecule has 1 atom stereocenters. The minimum atomic E-state index is -0.597. The number of halogens is 1. The second kappa shape index (κ2) is 8.59. The molecule has 1 aromatic heterocycles. The smallest absolute Gasteiger partial charge is 0.338 e. The van der Waals surface area contributed by atoms with Crippen LogP contribution in [0.2, 0.25) is 0 Å². The number of nitrogens with one attached hydrogen (secondary N) is 1. The Hall–Kier alpha value is -3.68. The maximum Gasteiger partial charge on any atom is 0.338 e. The molecule has 1 aliphatic heterocycles. The molecule has 0 amide bonds. The Morgan fingerprint density at radius 3 is 2.45 bits per heavy atom. The number of aromatic nitrogens is 3. The summed E-state index contributed by atoms with van der Waals surface area (Å²) in [6.45, 7) is 6.30. The van der Waals surface area contributed by atoms with Gasteiger partial charge in [0.1, 0.15) is 17.6 Å². The predicted molar refractivity (Wildman–Crippen MR) is 114 cm³/mol. The molecule has 0 radical (unpaired) electrons. The van der Waals surface area contributed by atoms with Gasteiger partial charge >= 0.3 is 5.97 Å². The molecule has 4 rings (SSSR count). The van der Waals surface area contributed by atoms with Crippen molar-refractivity contribution in [1.82, 2.24) is 14.8 Å². The molecule has 2 aromatic carbocycles. The van der Waals surface area contributed by atoms with Crippen molar-refractivity contribution in [1.29, 1.82) is 0 Å². The molecular weight excluding hydrogens is 399 g/mol. The normalized spacial score (nSPS) is 15.3. The quantitative estimate of drug-likeness (QED) is 0.596. The van der Waals surface area contributed by atoms with E-state index in [4.69, 9.17) is 9.47 Å². The molecule has 31 heavy (non-hydrogen) atoms. The zero-order valence-corrected chi connectivity index (χ0v) is 17.6. The number of hydrogen-bond donors (Lipinski definition) is 1. The van der Waals surface area contributed by atoms with E-state index in [1.165, 1.54) is 12.1 Å². The van der Waals surface area contributed by atoms with Crippen LogP contribution < -0.4 is 10.1 Å². The highest BCUT2D eigenvalue weighted by molar-refractivity contribution is 5.92. The molecule has 1 unspecified atom stereocenters. The van der Waals surface area contributed by atoms with Gasteiger partial charge in [-0.1, -0.05) is 12.1 Å². The van der Waals surface area contributed by atoms with E-state index in [1.807, 2.05) is 31.2 Å². The van der Waals surface area contributed by atoms with Crippen molar-refractivity contribution in [3.8, 4) is 17.1 Å². The number of fused-ring (bicyclic) bond motifs is 1. The van der Waals surface area contributed by atoms with Gasteiger partial charge in [-0.15, -0.1) is 5.10 Å². The summed E-state index contributed by atoms with van der Waals surface area (Å²) < 4.78 is 26.0. The summed E-state index contributed by atoms with van der Waals surface area (Å²) in [7, 11) is 0. The molecule has 3 aromatic rings. The predicted octanol–water partition coefficient (Wildman–Crippen LogP) is 4.33. The maximum absolute atomic E-state index is 13.6. The summed E-state index contributed by atoms with van der Waals surface area (Å²) in [4.78, 5) is 17.4. The molecule has 1 N–H and O–H groups in total. The van der Waals surface area contributed by atoms with Crippen LogP contribution in [0.25, 0.3) is 11.4 Å². The zero-order valence-electron chi connectivity index (χ0n) is 17.6. The van der Waals surface area contributed by atoms with Crippen LogP contribution in [-0.2, 0) is 9.53 Å². The van der Waals surface area contributed by atoms with Crippen LogP contribution in [0.4, 0.5) is 10.3 Å². The molecule has 2 heterocycles. The van der Waals surface area contributed by atoms with Crippen molar-refractivity contribution in [2.24, 2.45) is 0 Å². The standard InChI is InChI=1S/C23H23FN4O3/c1-4-30-18-12-8-16(9-13-18)21-26-23-25-14(3)19(22(29)31-5-2)20(28(23)27-21)15-6-10-17(24)11-7-15/h6-13,20H,4-5H2,1-3H3,(H,25,26,27). The van der Waals surface area contributed by atoms with Gasteiger partial charge in [0, 0.05) is 11.3 Å². The largest absolute Gasteiger partial charge is 0.494 e. The topological polar surface area (TPSA) is 78.3 Å². The Bertz CT molecular complexity index is 1120. The molecular formula is C23H23FN4O3. The van der Waals surface area contributed by atoms with Crippen molar-refractivity contribution in [2.45, 2.75) is 26.8 Å². The number of esters is 1. The van der Waals surface area contributed by atoms with E-state index < -0.39 is 12.0 Å². The van der Waals surface area contributed by atoms with Gasteiger partial charge in [-0.3, -0.25) is 0 Å². The number of nitrogens with zero attached hydrogens (tertiary/aromatic N) is 3. The molecule has 7 nitrogen and oxygen atoms in total. The number of carbonyl (C=O) groups excluding carboxylic acids is 1. The number of ether oxygens (including phenoxy) is 2. The maximum atomic E-state index is 13.6. The van der Waals surface area contributed by atoms with Crippen molar-refractivity contribution in [2.75, 3.05) is 18.5 Å². The summed E-state index contributed by atoms with van der Waals surface area (Å²) >= 11 is 0. The van der Waals surface area contributed by atoms with Gasteiger partial charge in [0.05, 0.1) is 18.8 Å². The van der Waals surface area contributed by atoms with Gasteiger partial charge in [-0.05, 0) is 62.7 Å². The van der Waals surface area contributed by atoms with Crippen molar-refractivity contribution in [3.05, 3.63) is 71.2 Å². The number of benzene rings is 2. The second-order valence-corrected chi connectivity index (χ2v) is 7.00. The SMILES string of the molecule is CCOC(=O)C1=C(C)Nc2nc(-c3ccc(OCC)cc3)nn2C1c1ccc(F)cc1. The Balaban J connectivity index is 1.79. The Morgan fingerprint density at radius 2 is 1.81 bits per heavy atom. The average molecular weight is 422 g/mol. The van der Waals surface area contributed by atoms with Crippen LogP contribution in [0.3, 0.4) is 0 Å². The average Bonchev–Trinajstić information content (AvgIpc) is 3.18. The molecule has 1 aliphatic rings. The minimum Gasteiger partial charge on any atom is -0.494 e. The van der Waals surface area contributed by atoms with Crippen molar-refractivity contribution >= 4 is 11.9 Å². The number of hydrogen-bond acceptors (Lipinski definition) is 6. The first kappa shape index (κ1) is 20.6. The lowest BCUT2D eigenvalue weighted by molar-refractivity contribution is -0.139. The number of anilines is 1. The Kier molecular flexibility index (Phi) is 5.70. The Morgan fingerprint density at radius 1 is 1.10 bits per heavy atom. The van der Waals surface area contributed by atoms with Crippen LogP contribution in [0.1, 0.15) is 32.4 Å². The van der Waals surface area contributed by atoms with Gasteiger partial charge in [0.15, 0.2) is 5.82 Å². The molecule has 0 fully saturated rings. The summed E-state index contributed by atoms with van der Waals surface area (Å²) in [6, 6.07) is 12.9. The van der Waals surface area contributed by atoms with Crippen LogP contribution >= 0.6 is 0 Å². The lowest BCUT2D eigenvalue weighted by atomic mass is 9.96. The fraction of sp³-hybridized carbons (Fsp3) is 0.261. The van der Waals surface area contributed by atoms with Crippen LogP contribution in [-0.4, -0.2) is 33.9 Å². The molecule has 160 valence electrons. The fourth-order valence-electron chi connectivity index (χ4n) is 3.57. The molecule has 8 heteroatoms. The fourth-order valence-corrected chi connectivity index (χ4v) is 3.57. The van der Waals surface area contributed by atoms with Gasteiger partial charge in [0.2, 0.25) is 5.95 Å². The first-order valence-electron chi connectivity index (χ1n) is 10.1. The third-order valence-electron chi connectivity index (χ3n) is 4.96. The zero-order chi connectivity index (χ0) is 22.0. The molecule has 0 bridgehead atoms. The van der Waals surface area contributed by atoms with E-state index in [9.17, 15) is 9.18 Å². The van der Waals surface area contributed by atoms with Gasteiger partial charge in [0.25, 0.3) is 0 Å². The van der Waals surface area contributed by atoms with Gasteiger partial charge in [-0.2, -0.15) is 4.98 Å². The molecule has 0 saturated heterocycles. The van der Waals surface area contributed by atoms with E-state index in [-0.39, 0.29) is 12.4 Å². The monoisotopic (exact) mass is 422 g/mol. The van der Waals surface area contributed by atoms with E-state index in [0.717, 1.165) is 11.3 Å².